The van der Waals surface area contributed by atoms with Gasteiger partial charge in [-0.05, 0) is 25.0 Å². The number of imidazole rings is 1. The summed E-state index contributed by atoms with van der Waals surface area (Å²) in [5.41, 5.74) is 2.32. The second-order valence-electron chi connectivity index (χ2n) is 6.77. The number of carbonyl (C=O) groups is 2. The number of thiazole rings is 1. The third kappa shape index (κ3) is 4.33. The van der Waals surface area contributed by atoms with Gasteiger partial charge in [-0.2, -0.15) is 0 Å². The lowest BCUT2D eigenvalue weighted by Gasteiger charge is -2.07. The van der Waals surface area contributed by atoms with Gasteiger partial charge in [0, 0.05) is 23.7 Å². The molecule has 0 aliphatic heterocycles. The second kappa shape index (κ2) is 7.87. The van der Waals surface area contributed by atoms with E-state index in [1.165, 1.54) is 11.3 Å². The predicted octanol–water partition coefficient (Wildman–Crippen LogP) is 2.78. The molecule has 3 aromatic heterocycles. The van der Waals surface area contributed by atoms with Crippen LogP contribution in [0.1, 0.15) is 37.1 Å². The van der Waals surface area contributed by atoms with Crippen molar-refractivity contribution in [3.8, 4) is 0 Å². The molecule has 1 saturated carbocycles. The lowest BCUT2D eigenvalue weighted by Crippen LogP contribution is -2.25. The fraction of sp³-hybridized carbons (Fsp3) is 0.368. The zero-order chi connectivity index (χ0) is 18.6. The van der Waals surface area contributed by atoms with Gasteiger partial charge in [-0.15, -0.1) is 11.3 Å². The number of fused-ring (bicyclic) bond motifs is 1. The highest BCUT2D eigenvalue weighted by Crippen LogP contribution is 2.26. The molecule has 0 bridgehead atoms. The number of aromatic nitrogens is 3. The van der Waals surface area contributed by atoms with Crippen LogP contribution < -0.4 is 10.6 Å². The fourth-order valence-electron chi connectivity index (χ4n) is 3.33. The van der Waals surface area contributed by atoms with E-state index >= 15 is 0 Å². The van der Waals surface area contributed by atoms with Gasteiger partial charge in [-0.3, -0.25) is 9.59 Å². The Morgan fingerprint density at radius 2 is 2.04 bits per heavy atom. The van der Waals surface area contributed by atoms with Crippen LogP contribution in [0.4, 0.5) is 5.13 Å². The summed E-state index contributed by atoms with van der Waals surface area (Å²) in [6.45, 7) is 0.371. The van der Waals surface area contributed by atoms with Crippen LogP contribution in [0.5, 0.6) is 0 Å². The van der Waals surface area contributed by atoms with Crippen molar-refractivity contribution in [2.45, 2.75) is 38.6 Å². The summed E-state index contributed by atoms with van der Waals surface area (Å²) in [5, 5.41) is 8.12. The lowest BCUT2D eigenvalue weighted by molar-refractivity contribution is -0.121. The van der Waals surface area contributed by atoms with Crippen LogP contribution in [0, 0.1) is 5.92 Å². The summed E-state index contributed by atoms with van der Waals surface area (Å²) in [4.78, 5) is 33.1. The molecule has 0 spiro atoms. The number of hydrogen-bond donors (Lipinski definition) is 2. The second-order valence-corrected chi connectivity index (χ2v) is 7.62. The standard InChI is InChI=1S/C19H21N5O2S/c25-17(20-10-15-11-24-8-4-3-7-16(24)21-15)9-14-12-27-19(22-14)23-18(26)13-5-1-2-6-13/h3-4,7-8,11-13H,1-2,5-6,9-10H2,(H,20,25)(H,22,23,26). The van der Waals surface area contributed by atoms with Crippen molar-refractivity contribution >= 4 is 33.9 Å². The van der Waals surface area contributed by atoms with Gasteiger partial charge in [0.2, 0.25) is 11.8 Å². The first kappa shape index (κ1) is 17.7. The van der Waals surface area contributed by atoms with E-state index in [9.17, 15) is 9.59 Å². The number of rotatable bonds is 6. The number of carbonyl (C=O) groups excluding carboxylic acids is 2. The van der Waals surface area contributed by atoms with Crippen molar-refractivity contribution < 1.29 is 9.59 Å². The van der Waals surface area contributed by atoms with E-state index in [-0.39, 0.29) is 24.2 Å². The van der Waals surface area contributed by atoms with Crippen LogP contribution in [0.2, 0.25) is 0 Å². The molecule has 0 atom stereocenters. The minimum atomic E-state index is -0.119. The van der Waals surface area contributed by atoms with E-state index in [0.717, 1.165) is 37.0 Å². The maximum Gasteiger partial charge on any atom is 0.229 e. The van der Waals surface area contributed by atoms with Gasteiger partial charge in [-0.25, -0.2) is 9.97 Å². The fourth-order valence-corrected chi connectivity index (χ4v) is 4.04. The smallest absolute Gasteiger partial charge is 0.229 e. The van der Waals surface area contributed by atoms with Gasteiger partial charge in [0.1, 0.15) is 5.65 Å². The minimum absolute atomic E-state index is 0.0460. The average molecular weight is 383 g/mol. The van der Waals surface area contributed by atoms with Crippen molar-refractivity contribution in [2.75, 3.05) is 5.32 Å². The molecule has 27 heavy (non-hydrogen) atoms. The number of nitrogens with zero attached hydrogens (tertiary/aromatic N) is 3. The van der Waals surface area contributed by atoms with E-state index in [0.29, 0.717) is 17.4 Å². The molecule has 1 aliphatic rings. The van der Waals surface area contributed by atoms with Crippen molar-refractivity contribution in [1.82, 2.24) is 19.7 Å². The molecule has 0 unspecified atom stereocenters. The Bertz CT molecular complexity index is 925. The summed E-state index contributed by atoms with van der Waals surface area (Å²) >= 11 is 1.36. The first-order valence-corrected chi connectivity index (χ1v) is 10.00. The molecular weight excluding hydrogens is 362 g/mol. The van der Waals surface area contributed by atoms with E-state index < -0.39 is 0 Å². The first-order chi connectivity index (χ1) is 13.2. The van der Waals surface area contributed by atoms with E-state index in [1.807, 2.05) is 40.4 Å². The monoisotopic (exact) mass is 383 g/mol. The van der Waals surface area contributed by atoms with Gasteiger partial charge in [0.25, 0.3) is 0 Å². The van der Waals surface area contributed by atoms with Crippen LogP contribution in [0.25, 0.3) is 5.65 Å². The molecule has 2 amide bonds. The topological polar surface area (TPSA) is 88.4 Å². The Labute approximate surface area is 160 Å². The highest BCUT2D eigenvalue weighted by molar-refractivity contribution is 7.13. The molecule has 8 heteroatoms. The highest BCUT2D eigenvalue weighted by Gasteiger charge is 2.23. The minimum Gasteiger partial charge on any atom is -0.350 e. The predicted molar refractivity (Wildman–Crippen MR) is 103 cm³/mol. The van der Waals surface area contributed by atoms with Crippen LogP contribution in [0.3, 0.4) is 0 Å². The summed E-state index contributed by atoms with van der Waals surface area (Å²) in [6, 6.07) is 5.78. The molecule has 2 N–H and O–H groups in total. The summed E-state index contributed by atoms with van der Waals surface area (Å²) in [5.74, 6) is 0.0294. The average Bonchev–Trinajstić information content (AvgIpc) is 3.40. The maximum absolute atomic E-state index is 12.2. The molecule has 4 rings (SSSR count). The Morgan fingerprint density at radius 3 is 2.85 bits per heavy atom. The normalized spacial score (nSPS) is 14.5. The van der Waals surface area contributed by atoms with Gasteiger partial charge >= 0.3 is 0 Å². The molecule has 3 heterocycles. The maximum atomic E-state index is 12.2. The number of pyridine rings is 1. The number of hydrogen-bond acceptors (Lipinski definition) is 5. The summed E-state index contributed by atoms with van der Waals surface area (Å²) < 4.78 is 1.92. The van der Waals surface area contributed by atoms with Gasteiger partial charge < -0.3 is 15.0 Å². The molecule has 1 aliphatic carbocycles. The largest absolute Gasteiger partial charge is 0.350 e. The lowest BCUT2D eigenvalue weighted by atomic mass is 10.1. The third-order valence-corrected chi connectivity index (χ3v) is 5.54. The molecule has 7 nitrogen and oxygen atoms in total. The van der Waals surface area contributed by atoms with Crippen molar-refractivity contribution in [3.05, 3.63) is 47.4 Å². The Kier molecular flexibility index (Phi) is 5.15. The Morgan fingerprint density at radius 1 is 1.19 bits per heavy atom. The third-order valence-electron chi connectivity index (χ3n) is 4.73. The zero-order valence-electron chi connectivity index (χ0n) is 14.9. The quantitative estimate of drug-likeness (QED) is 0.685. The van der Waals surface area contributed by atoms with Gasteiger partial charge in [0.05, 0.1) is 24.4 Å². The number of anilines is 1. The van der Waals surface area contributed by atoms with E-state index in [4.69, 9.17) is 0 Å². The van der Waals surface area contributed by atoms with Crippen LogP contribution in [-0.2, 0) is 22.6 Å². The van der Waals surface area contributed by atoms with Crippen molar-refractivity contribution in [2.24, 2.45) is 5.92 Å². The molecule has 140 valence electrons. The Balaban J connectivity index is 1.28. The first-order valence-electron chi connectivity index (χ1n) is 9.12. The molecule has 3 aromatic rings. The SMILES string of the molecule is O=C(Cc1csc(NC(=O)C2CCCC2)n1)NCc1cn2ccccc2n1. The van der Waals surface area contributed by atoms with Crippen LogP contribution >= 0.6 is 11.3 Å². The van der Waals surface area contributed by atoms with Crippen molar-refractivity contribution in [3.63, 3.8) is 0 Å². The highest BCUT2D eigenvalue weighted by atomic mass is 32.1. The van der Waals surface area contributed by atoms with Gasteiger partial charge in [0.15, 0.2) is 5.13 Å². The molecule has 0 aromatic carbocycles. The van der Waals surface area contributed by atoms with E-state index in [2.05, 4.69) is 20.6 Å². The molecule has 1 fully saturated rings. The molecular formula is C19H21N5O2S. The van der Waals surface area contributed by atoms with Crippen LogP contribution in [0.15, 0.2) is 36.0 Å². The zero-order valence-corrected chi connectivity index (χ0v) is 15.7. The number of amides is 2. The number of nitrogens with one attached hydrogen (secondary N) is 2. The van der Waals surface area contributed by atoms with Crippen LogP contribution in [-0.4, -0.2) is 26.2 Å². The Hall–Kier alpha value is -2.74. The summed E-state index contributed by atoms with van der Waals surface area (Å²) in [7, 11) is 0. The summed E-state index contributed by atoms with van der Waals surface area (Å²) in [6.07, 6.45) is 8.15. The van der Waals surface area contributed by atoms with Gasteiger partial charge in [-0.1, -0.05) is 18.9 Å². The molecule has 0 saturated heterocycles. The van der Waals surface area contributed by atoms with E-state index in [1.54, 1.807) is 0 Å². The molecule has 0 radical (unpaired) electrons. The van der Waals surface area contributed by atoms with Crippen molar-refractivity contribution in [1.29, 1.82) is 0 Å².